The lowest BCUT2D eigenvalue weighted by atomic mass is 10.1. The van der Waals surface area contributed by atoms with E-state index < -0.39 is 11.7 Å². The number of carbonyl (C=O) groups is 1. The maximum Gasteiger partial charge on any atom is 0.416 e. The zero-order chi connectivity index (χ0) is 22.7. The number of nitrogens with zero attached hydrogens (tertiary/aromatic N) is 3. The van der Waals surface area contributed by atoms with Crippen LogP contribution in [0.25, 0.3) is 0 Å². The molecule has 5 nitrogen and oxygen atoms in total. The van der Waals surface area contributed by atoms with E-state index in [-0.39, 0.29) is 12.0 Å². The first-order valence-electron chi connectivity index (χ1n) is 10.9. The molecule has 8 heteroatoms. The molecule has 0 aromatic heterocycles. The molecule has 0 N–H and O–H groups in total. The Bertz CT molecular complexity index is 925. The molecular formula is C24H28F3N3O2. The van der Waals surface area contributed by atoms with E-state index in [2.05, 4.69) is 4.90 Å². The highest BCUT2D eigenvalue weighted by Crippen LogP contribution is 2.32. The zero-order valence-corrected chi connectivity index (χ0v) is 18.1. The summed E-state index contributed by atoms with van der Waals surface area (Å²) < 4.78 is 44.9. The average Bonchev–Trinajstić information content (AvgIpc) is 2.79. The smallest absolute Gasteiger partial charge is 0.373 e. The Morgan fingerprint density at radius 2 is 1.75 bits per heavy atom. The van der Waals surface area contributed by atoms with Gasteiger partial charge < -0.3 is 14.5 Å². The first kappa shape index (κ1) is 22.6. The summed E-state index contributed by atoms with van der Waals surface area (Å²) >= 11 is 0. The van der Waals surface area contributed by atoms with E-state index in [4.69, 9.17) is 4.74 Å². The van der Waals surface area contributed by atoms with E-state index in [0.717, 1.165) is 24.7 Å². The number of benzene rings is 2. The highest BCUT2D eigenvalue weighted by molar-refractivity contribution is 5.94. The summed E-state index contributed by atoms with van der Waals surface area (Å²) in [4.78, 5) is 18.9. The summed E-state index contributed by atoms with van der Waals surface area (Å²) in [7, 11) is 0. The van der Waals surface area contributed by atoms with Crippen LogP contribution in [0.5, 0.6) is 0 Å². The highest BCUT2D eigenvalue weighted by atomic mass is 19.4. The molecule has 0 spiro atoms. The molecule has 4 rings (SSSR count). The van der Waals surface area contributed by atoms with Gasteiger partial charge in [-0.25, -0.2) is 0 Å². The van der Waals surface area contributed by atoms with Crippen molar-refractivity contribution in [1.82, 2.24) is 9.80 Å². The minimum atomic E-state index is -4.34. The van der Waals surface area contributed by atoms with Gasteiger partial charge in [0.2, 0.25) is 0 Å². The van der Waals surface area contributed by atoms with Crippen molar-refractivity contribution < 1.29 is 22.7 Å². The van der Waals surface area contributed by atoms with E-state index in [1.165, 1.54) is 12.1 Å². The van der Waals surface area contributed by atoms with E-state index in [9.17, 15) is 18.0 Å². The molecule has 0 saturated carbocycles. The lowest BCUT2D eigenvalue weighted by molar-refractivity contribution is -0.137. The Hall–Kier alpha value is -2.58. The van der Waals surface area contributed by atoms with Gasteiger partial charge >= 0.3 is 6.18 Å². The molecule has 1 amide bonds. The Balaban J connectivity index is 1.29. The first-order valence-corrected chi connectivity index (χ1v) is 10.9. The summed E-state index contributed by atoms with van der Waals surface area (Å²) in [5.41, 5.74) is 1.78. The van der Waals surface area contributed by atoms with Crippen LogP contribution >= 0.6 is 0 Å². The molecule has 32 heavy (non-hydrogen) atoms. The molecule has 2 aromatic carbocycles. The number of anilines is 1. The number of amides is 1. The lowest BCUT2D eigenvalue weighted by Crippen LogP contribution is -2.53. The Labute approximate surface area is 186 Å². The number of hydrogen-bond acceptors (Lipinski definition) is 4. The first-order chi connectivity index (χ1) is 15.3. The maximum atomic E-state index is 13.0. The third kappa shape index (κ3) is 5.42. The van der Waals surface area contributed by atoms with Crippen molar-refractivity contribution in [3.8, 4) is 0 Å². The Morgan fingerprint density at radius 1 is 1.03 bits per heavy atom. The number of hydrogen-bond donors (Lipinski definition) is 0. The zero-order valence-electron chi connectivity index (χ0n) is 18.1. The van der Waals surface area contributed by atoms with Crippen LogP contribution in [0, 0.1) is 6.92 Å². The van der Waals surface area contributed by atoms with Crippen molar-refractivity contribution in [2.45, 2.75) is 19.2 Å². The number of carbonyl (C=O) groups excluding carboxylic acids is 1. The Morgan fingerprint density at radius 3 is 2.44 bits per heavy atom. The summed E-state index contributed by atoms with van der Waals surface area (Å²) in [6.45, 7) is 7.10. The summed E-state index contributed by atoms with van der Waals surface area (Å²) in [5.74, 6) is 0.0210. The van der Waals surface area contributed by atoms with Crippen LogP contribution < -0.4 is 4.90 Å². The van der Waals surface area contributed by atoms with Crippen LogP contribution in [0.1, 0.15) is 21.5 Å². The van der Waals surface area contributed by atoms with Crippen LogP contribution in [0.3, 0.4) is 0 Å². The fourth-order valence-electron chi connectivity index (χ4n) is 4.25. The van der Waals surface area contributed by atoms with E-state index >= 15 is 0 Å². The number of morpholine rings is 1. The monoisotopic (exact) mass is 447 g/mol. The maximum absolute atomic E-state index is 13.0. The molecule has 0 radical (unpaired) electrons. The summed E-state index contributed by atoms with van der Waals surface area (Å²) in [6, 6.07) is 13.1. The number of ether oxygens (including phenoxy) is 1. The molecule has 2 aromatic rings. The fraction of sp³-hybridized carbons (Fsp3) is 0.458. The largest absolute Gasteiger partial charge is 0.416 e. The molecular weight excluding hydrogens is 419 g/mol. The van der Waals surface area contributed by atoms with Crippen LogP contribution in [-0.2, 0) is 10.9 Å². The molecule has 2 aliphatic heterocycles. The van der Waals surface area contributed by atoms with Crippen molar-refractivity contribution in [1.29, 1.82) is 0 Å². The lowest BCUT2D eigenvalue weighted by Gasteiger charge is -2.40. The molecule has 0 bridgehead atoms. The minimum absolute atomic E-state index is 0.0210. The normalized spacial score (nSPS) is 20.4. The SMILES string of the molecule is Cc1ccc(C(=O)N2CCO[C@H](CN3CCN(c4cccc(C(F)(F)F)c4)CC3)C2)cc1. The van der Waals surface area contributed by atoms with Crippen LogP contribution in [0.15, 0.2) is 48.5 Å². The molecule has 2 fully saturated rings. The molecule has 0 unspecified atom stereocenters. The van der Waals surface area contributed by atoms with Crippen LogP contribution in [0.4, 0.5) is 18.9 Å². The highest BCUT2D eigenvalue weighted by Gasteiger charge is 2.31. The average molecular weight is 448 g/mol. The van der Waals surface area contributed by atoms with Gasteiger partial charge in [-0.3, -0.25) is 9.69 Å². The van der Waals surface area contributed by atoms with Gasteiger partial charge in [0.15, 0.2) is 0 Å². The van der Waals surface area contributed by atoms with Gasteiger partial charge in [0, 0.05) is 57.1 Å². The molecule has 2 saturated heterocycles. The summed E-state index contributed by atoms with van der Waals surface area (Å²) in [6.07, 6.45) is -4.41. The van der Waals surface area contributed by atoms with Crippen molar-refractivity contribution in [3.63, 3.8) is 0 Å². The third-order valence-corrected chi connectivity index (χ3v) is 6.10. The van der Waals surface area contributed by atoms with Gasteiger partial charge in [0.05, 0.1) is 18.3 Å². The quantitative estimate of drug-likeness (QED) is 0.717. The molecule has 2 aliphatic rings. The van der Waals surface area contributed by atoms with Gasteiger partial charge in [0.1, 0.15) is 0 Å². The van der Waals surface area contributed by atoms with Gasteiger partial charge in [-0.2, -0.15) is 13.2 Å². The van der Waals surface area contributed by atoms with E-state index in [1.54, 1.807) is 6.07 Å². The van der Waals surface area contributed by atoms with Gasteiger partial charge in [0.25, 0.3) is 5.91 Å². The Kier molecular flexibility index (Phi) is 6.71. The van der Waals surface area contributed by atoms with Gasteiger partial charge in [-0.15, -0.1) is 0 Å². The second-order valence-electron chi connectivity index (χ2n) is 8.45. The predicted octanol–water partition coefficient (Wildman–Crippen LogP) is 3.68. The number of alkyl halides is 3. The topological polar surface area (TPSA) is 36.0 Å². The van der Waals surface area contributed by atoms with Gasteiger partial charge in [-0.05, 0) is 37.3 Å². The van der Waals surface area contributed by atoms with Crippen molar-refractivity contribution in [2.75, 3.05) is 57.3 Å². The van der Waals surface area contributed by atoms with Crippen LogP contribution in [-0.4, -0.2) is 74.2 Å². The number of rotatable bonds is 4. The van der Waals surface area contributed by atoms with Crippen LogP contribution in [0.2, 0.25) is 0 Å². The van der Waals surface area contributed by atoms with Crippen molar-refractivity contribution in [2.24, 2.45) is 0 Å². The standard InChI is InChI=1S/C24H28F3N3O2/c1-18-5-7-19(8-6-18)23(31)30-13-14-32-22(17-30)16-28-9-11-29(12-10-28)21-4-2-3-20(15-21)24(25,26)27/h2-8,15,22H,9-14,16-17H2,1H3/t22-/m1/s1. The molecule has 172 valence electrons. The second-order valence-corrected chi connectivity index (χ2v) is 8.45. The van der Waals surface area contributed by atoms with Crippen molar-refractivity contribution in [3.05, 3.63) is 65.2 Å². The fourth-order valence-corrected chi connectivity index (χ4v) is 4.25. The van der Waals surface area contributed by atoms with E-state index in [1.807, 2.05) is 41.0 Å². The predicted molar refractivity (Wildman–Crippen MR) is 117 cm³/mol. The number of halogens is 3. The van der Waals surface area contributed by atoms with E-state index in [0.29, 0.717) is 50.6 Å². The molecule has 1 atom stereocenters. The number of aryl methyl sites for hydroxylation is 1. The van der Waals surface area contributed by atoms with Crippen molar-refractivity contribution >= 4 is 11.6 Å². The summed E-state index contributed by atoms with van der Waals surface area (Å²) in [5, 5.41) is 0. The molecule has 0 aliphatic carbocycles. The minimum Gasteiger partial charge on any atom is -0.373 e. The van der Waals surface area contributed by atoms with Gasteiger partial charge in [-0.1, -0.05) is 23.8 Å². The molecule has 2 heterocycles. The second kappa shape index (κ2) is 9.50. The third-order valence-electron chi connectivity index (χ3n) is 6.10. The number of piperazine rings is 1.